The zero-order chi connectivity index (χ0) is 19.0. The molecule has 0 aromatic heterocycles. The van der Waals surface area contributed by atoms with Crippen LogP contribution in [-0.2, 0) is 17.7 Å². The Morgan fingerprint density at radius 3 is 2.43 bits per heavy atom. The number of benzene rings is 2. The Balaban J connectivity index is 1.34. The maximum absolute atomic E-state index is 6.40. The summed E-state index contributed by atoms with van der Waals surface area (Å²) in [6.45, 7) is 0. The molecule has 1 heterocycles. The lowest BCUT2D eigenvalue weighted by Gasteiger charge is -2.30. The average Bonchev–Trinajstić information content (AvgIpc) is 3.32. The molecule has 1 aliphatic heterocycles. The highest BCUT2D eigenvalue weighted by Crippen LogP contribution is 2.40. The van der Waals surface area contributed by atoms with Gasteiger partial charge >= 0.3 is 0 Å². The Morgan fingerprint density at radius 2 is 1.71 bits per heavy atom. The maximum Gasteiger partial charge on any atom is 0.162 e. The highest BCUT2D eigenvalue weighted by atomic mass is 16.7. The Labute approximate surface area is 166 Å². The number of fused-ring (bicyclic) bond motifs is 1. The minimum Gasteiger partial charge on any atom is -0.493 e. The molecule has 0 radical (unpaired) electrons. The lowest BCUT2D eigenvalue weighted by atomic mass is 9.81. The van der Waals surface area contributed by atoms with Crippen LogP contribution in [0.25, 0.3) is 0 Å². The Bertz CT molecular complexity index is 873. The van der Waals surface area contributed by atoms with Crippen LogP contribution in [0.3, 0.4) is 0 Å². The standard InChI is InChI=1S/C24H27NO3/c1-26-22-10-9-19(21-16-24(28-25-21)11-5-2-6-12-24)15-23(22)27-20-13-17-7-3-4-8-18(17)14-20/h3-4,7-10,15,20H,2,5-6,11-14,16H2,1H3. The van der Waals surface area contributed by atoms with Gasteiger partial charge in [0.05, 0.1) is 12.8 Å². The smallest absolute Gasteiger partial charge is 0.162 e. The summed E-state index contributed by atoms with van der Waals surface area (Å²) in [4.78, 5) is 5.94. The molecule has 2 aromatic rings. The van der Waals surface area contributed by atoms with Crippen LogP contribution in [-0.4, -0.2) is 24.5 Å². The number of rotatable bonds is 4. The van der Waals surface area contributed by atoms with Gasteiger partial charge in [0, 0.05) is 24.8 Å². The van der Waals surface area contributed by atoms with Crippen molar-refractivity contribution in [2.45, 2.75) is 63.1 Å². The molecule has 1 fully saturated rings. The molecule has 1 saturated carbocycles. The third-order valence-corrected chi connectivity index (χ3v) is 6.41. The SMILES string of the molecule is COc1ccc(C2=NOC3(CCCCC3)C2)cc1OC1Cc2ccccc2C1. The van der Waals surface area contributed by atoms with Gasteiger partial charge in [0.2, 0.25) is 0 Å². The van der Waals surface area contributed by atoms with Gasteiger partial charge in [0.25, 0.3) is 0 Å². The van der Waals surface area contributed by atoms with Crippen LogP contribution < -0.4 is 9.47 Å². The van der Waals surface area contributed by atoms with Crippen molar-refractivity contribution in [3.05, 3.63) is 59.2 Å². The number of methoxy groups -OCH3 is 1. The van der Waals surface area contributed by atoms with Crippen molar-refractivity contribution >= 4 is 5.71 Å². The second-order valence-corrected chi connectivity index (χ2v) is 8.33. The first kappa shape index (κ1) is 17.6. The highest BCUT2D eigenvalue weighted by molar-refractivity contribution is 6.02. The maximum atomic E-state index is 6.40. The molecule has 0 unspecified atom stereocenters. The van der Waals surface area contributed by atoms with E-state index in [1.807, 2.05) is 6.07 Å². The van der Waals surface area contributed by atoms with E-state index >= 15 is 0 Å². The van der Waals surface area contributed by atoms with Crippen LogP contribution in [0, 0.1) is 0 Å². The van der Waals surface area contributed by atoms with E-state index in [1.54, 1.807) is 7.11 Å². The molecule has 3 aliphatic rings. The minimum atomic E-state index is -0.0678. The largest absolute Gasteiger partial charge is 0.493 e. The predicted molar refractivity (Wildman–Crippen MR) is 109 cm³/mol. The Hall–Kier alpha value is -2.49. The van der Waals surface area contributed by atoms with E-state index in [2.05, 4.69) is 41.6 Å². The van der Waals surface area contributed by atoms with Crippen molar-refractivity contribution in [3.8, 4) is 11.5 Å². The molecule has 1 spiro atoms. The van der Waals surface area contributed by atoms with E-state index in [0.717, 1.165) is 54.9 Å². The Morgan fingerprint density at radius 1 is 0.964 bits per heavy atom. The van der Waals surface area contributed by atoms with Crippen LogP contribution in [0.2, 0.25) is 0 Å². The molecule has 2 aliphatic carbocycles. The fraction of sp³-hybridized carbons (Fsp3) is 0.458. The topological polar surface area (TPSA) is 40.0 Å². The van der Waals surface area contributed by atoms with Gasteiger partial charge < -0.3 is 14.3 Å². The van der Waals surface area contributed by atoms with Crippen LogP contribution in [0.5, 0.6) is 11.5 Å². The molecular formula is C24H27NO3. The van der Waals surface area contributed by atoms with Crippen LogP contribution in [0.4, 0.5) is 0 Å². The number of hydrogen-bond donors (Lipinski definition) is 0. The summed E-state index contributed by atoms with van der Waals surface area (Å²) in [7, 11) is 1.69. The van der Waals surface area contributed by atoms with E-state index in [9.17, 15) is 0 Å². The molecule has 0 bridgehead atoms. The van der Waals surface area contributed by atoms with Gasteiger partial charge in [-0.15, -0.1) is 0 Å². The summed E-state index contributed by atoms with van der Waals surface area (Å²) in [5.41, 5.74) is 4.81. The van der Waals surface area contributed by atoms with E-state index in [1.165, 1.54) is 30.4 Å². The van der Waals surface area contributed by atoms with Gasteiger partial charge in [0.1, 0.15) is 11.7 Å². The highest BCUT2D eigenvalue weighted by Gasteiger charge is 2.40. The summed E-state index contributed by atoms with van der Waals surface area (Å²) < 4.78 is 12.0. The summed E-state index contributed by atoms with van der Waals surface area (Å²) in [5.74, 6) is 1.57. The quantitative estimate of drug-likeness (QED) is 0.747. The third-order valence-electron chi connectivity index (χ3n) is 6.41. The first-order valence-electron chi connectivity index (χ1n) is 10.4. The van der Waals surface area contributed by atoms with Gasteiger partial charge in [-0.1, -0.05) is 35.8 Å². The first-order valence-corrected chi connectivity index (χ1v) is 10.4. The second kappa shape index (κ2) is 7.16. The molecule has 5 rings (SSSR count). The summed E-state index contributed by atoms with van der Waals surface area (Å²) in [5, 5.41) is 4.46. The number of nitrogens with zero attached hydrogens (tertiary/aromatic N) is 1. The van der Waals surface area contributed by atoms with Crippen molar-refractivity contribution in [1.82, 2.24) is 0 Å². The Kier molecular flexibility index (Phi) is 4.50. The van der Waals surface area contributed by atoms with E-state index in [-0.39, 0.29) is 11.7 Å². The van der Waals surface area contributed by atoms with Crippen molar-refractivity contribution < 1.29 is 14.3 Å². The zero-order valence-electron chi connectivity index (χ0n) is 16.4. The molecule has 4 heteroatoms. The van der Waals surface area contributed by atoms with Gasteiger partial charge in [-0.25, -0.2) is 0 Å². The van der Waals surface area contributed by atoms with E-state index in [0.29, 0.717) is 0 Å². The molecule has 0 N–H and O–H groups in total. The lowest BCUT2D eigenvalue weighted by Crippen LogP contribution is -2.31. The van der Waals surface area contributed by atoms with Crippen LogP contribution in [0.15, 0.2) is 47.6 Å². The van der Waals surface area contributed by atoms with Crippen molar-refractivity contribution in [2.75, 3.05) is 7.11 Å². The average molecular weight is 377 g/mol. The van der Waals surface area contributed by atoms with Crippen LogP contribution >= 0.6 is 0 Å². The minimum absolute atomic E-state index is 0.0678. The molecule has 4 nitrogen and oxygen atoms in total. The number of oxime groups is 1. The fourth-order valence-electron chi connectivity index (χ4n) is 4.87. The molecular weight excluding hydrogens is 350 g/mol. The van der Waals surface area contributed by atoms with Gasteiger partial charge in [-0.2, -0.15) is 0 Å². The van der Waals surface area contributed by atoms with E-state index in [4.69, 9.17) is 14.3 Å². The summed E-state index contributed by atoms with van der Waals surface area (Å²) >= 11 is 0. The number of hydrogen-bond acceptors (Lipinski definition) is 4. The van der Waals surface area contributed by atoms with Crippen LogP contribution in [0.1, 0.15) is 55.2 Å². The van der Waals surface area contributed by atoms with Crippen molar-refractivity contribution in [3.63, 3.8) is 0 Å². The lowest BCUT2D eigenvalue weighted by molar-refractivity contribution is -0.0449. The fourth-order valence-corrected chi connectivity index (χ4v) is 4.87. The zero-order valence-corrected chi connectivity index (χ0v) is 16.4. The second-order valence-electron chi connectivity index (χ2n) is 8.33. The molecule has 0 amide bonds. The summed E-state index contributed by atoms with van der Waals surface area (Å²) in [6.07, 6.45) is 8.93. The molecule has 0 saturated heterocycles. The molecule has 0 atom stereocenters. The van der Waals surface area contributed by atoms with Gasteiger partial charge in [-0.05, 0) is 55.0 Å². The number of ether oxygens (including phenoxy) is 2. The monoisotopic (exact) mass is 377 g/mol. The third kappa shape index (κ3) is 3.25. The molecule has 2 aromatic carbocycles. The first-order chi connectivity index (χ1) is 13.7. The predicted octanol–water partition coefficient (Wildman–Crippen LogP) is 5.07. The van der Waals surface area contributed by atoms with Crippen molar-refractivity contribution in [2.24, 2.45) is 5.16 Å². The van der Waals surface area contributed by atoms with E-state index < -0.39 is 0 Å². The van der Waals surface area contributed by atoms with Gasteiger partial charge in [-0.3, -0.25) is 0 Å². The normalized spacial score (nSPS) is 20.5. The van der Waals surface area contributed by atoms with Gasteiger partial charge in [0.15, 0.2) is 11.5 Å². The van der Waals surface area contributed by atoms with Crippen molar-refractivity contribution in [1.29, 1.82) is 0 Å². The molecule has 146 valence electrons. The summed E-state index contributed by atoms with van der Waals surface area (Å²) in [6, 6.07) is 14.7. The molecule has 28 heavy (non-hydrogen) atoms.